The van der Waals surface area contributed by atoms with Crippen LogP contribution in [0.5, 0.6) is 11.5 Å². The van der Waals surface area contributed by atoms with Gasteiger partial charge in [-0.3, -0.25) is 9.59 Å². The SMILES string of the molecule is COc1cc(/C=C(\C#N)C(=O)Nc2ccccc2Cl)cc(I)c1OCC(=O)Nc1ccc(C)c(C)c1. The molecule has 3 aromatic rings. The first-order chi connectivity index (χ1) is 17.2. The molecular weight excluding hydrogens is 593 g/mol. The summed E-state index contributed by atoms with van der Waals surface area (Å²) >= 11 is 8.13. The van der Waals surface area contributed by atoms with Crippen molar-refractivity contribution in [1.82, 2.24) is 0 Å². The van der Waals surface area contributed by atoms with Gasteiger partial charge in [-0.05, 0) is 95.6 Å². The van der Waals surface area contributed by atoms with Crippen LogP contribution < -0.4 is 20.1 Å². The Balaban J connectivity index is 1.74. The summed E-state index contributed by atoms with van der Waals surface area (Å²) in [5.41, 5.74) is 3.74. The largest absolute Gasteiger partial charge is 0.493 e. The van der Waals surface area contributed by atoms with Crippen molar-refractivity contribution in [3.63, 3.8) is 0 Å². The van der Waals surface area contributed by atoms with Crippen molar-refractivity contribution in [3.05, 3.63) is 85.5 Å². The number of para-hydroxylation sites is 1. The van der Waals surface area contributed by atoms with Crippen molar-refractivity contribution in [2.24, 2.45) is 0 Å². The minimum atomic E-state index is -0.595. The van der Waals surface area contributed by atoms with Gasteiger partial charge in [-0.1, -0.05) is 29.8 Å². The highest BCUT2D eigenvalue weighted by Gasteiger charge is 2.16. The van der Waals surface area contributed by atoms with Crippen LogP contribution in [0.1, 0.15) is 16.7 Å². The second-order valence-electron chi connectivity index (χ2n) is 7.77. The van der Waals surface area contributed by atoms with Gasteiger partial charge in [-0.2, -0.15) is 5.26 Å². The Morgan fingerprint density at radius 1 is 1.08 bits per heavy atom. The molecule has 0 bridgehead atoms. The van der Waals surface area contributed by atoms with Gasteiger partial charge in [0.1, 0.15) is 11.6 Å². The number of hydrogen-bond donors (Lipinski definition) is 2. The number of benzene rings is 3. The van der Waals surface area contributed by atoms with Crippen molar-refractivity contribution in [2.45, 2.75) is 13.8 Å². The predicted molar refractivity (Wildman–Crippen MR) is 149 cm³/mol. The lowest BCUT2D eigenvalue weighted by molar-refractivity contribution is -0.118. The topological polar surface area (TPSA) is 100 Å². The first kappa shape index (κ1) is 27.0. The van der Waals surface area contributed by atoms with Gasteiger partial charge in [-0.15, -0.1) is 0 Å². The molecule has 7 nitrogen and oxygen atoms in total. The Hall–Kier alpha value is -3.55. The summed E-state index contributed by atoms with van der Waals surface area (Å²) in [4.78, 5) is 25.0. The lowest BCUT2D eigenvalue weighted by Crippen LogP contribution is -2.20. The quantitative estimate of drug-likeness (QED) is 0.180. The van der Waals surface area contributed by atoms with Crippen LogP contribution in [0.4, 0.5) is 11.4 Å². The number of carbonyl (C=O) groups is 2. The molecule has 0 saturated heterocycles. The zero-order valence-electron chi connectivity index (χ0n) is 19.8. The smallest absolute Gasteiger partial charge is 0.266 e. The van der Waals surface area contributed by atoms with Crippen molar-refractivity contribution in [2.75, 3.05) is 24.4 Å². The van der Waals surface area contributed by atoms with Gasteiger partial charge >= 0.3 is 0 Å². The number of nitriles is 1. The van der Waals surface area contributed by atoms with Crippen LogP contribution in [0, 0.1) is 28.7 Å². The zero-order chi connectivity index (χ0) is 26.2. The van der Waals surface area contributed by atoms with Crippen LogP contribution in [0.3, 0.4) is 0 Å². The number of nitrogens with zero attached hydrogens (tertiary/aromatic N) is 1. The maximum Gasteiger partial charge on any atom is 0.266 e. The van der Waals surface area contributed by atoms with Crippen LogP contribution in [0.25, 0.3) is 6.08 Å². The van der Waals surface area contributed by atoms with E-state index in [2.05, 4.69) is 10.6 Å². The van der Waals surface area contributed by atoms with Crippen LogP contribution in [-0.2, 0) is 9.59 Å². The van der Waals surface area contributed by atoms with E-state index < -0.39 is 5.91 Å². The summed E-state index contributed by atoms with van der Waals surface area (Å²) in [5.74, 6) is -0.175. The van der Waals surface area contributed by atoms with Crippen LogP contribution in [0.15, 0.2) is 60.2 Å². The molecule has 0 unspecified atom stereocenters. The highest BCUT2D eigenvalue weighted by Crippen LogP contribution is 2.35. The second-order valence-corrected chi connectivity index (χ2v) is 9.34. The van der Waals surface area contributed by atoms with Gasteiger partial charge in [0, 0.05) is 5.69 Å². The monoisotopic (exact) mass is 615 g/mol. The number of rotatable bonds is 8. The van der Waals surface area contributed by atoms with E-state index in [-0.39, 0.29) is 18.1 Å². The Labute approximate surface area is 228 Å². The third-order valence-corrected chi connectivity index (χ3v) is 6.32. The molecule has 2 amide bonds. The van der Waals surface area contributed by atoms with Crippen molar-refractivity contribution >= 4 is 63.5 Å². The second kappa shape index (κ2) is 12.4. The summed E-state index contributed by atoms with van der Waals surface area (Å²) in [6.45, 7) is 3.75. The van der Waals surface area contributed by atoms with E-state index in [1.807, 2.05) is 60.7 Å². The van der Waals surface area contributed by atoms with Crippen LogP contribution >= 0.6 is 34.2 Å². The number of methoxy groups -OCH3 is 1. The predicted octanol–water partition coefficient (Wildman–Crippen LogP) is 6.13. The summed E-state index contributed by atoms with van der Waals surface area (Å²) in [7, 11) is 1.47. The molecule has 0 spiro atoms. The minimum Gasteiger partial charge on any atom is -0.493 e. The summed E-state index contributed by atoms with van der Waals surface area (Å²) in [5, 5.41) is 15.3. The van der Waals surface area contributed by atoms with E-state index in [9.17, 15) is 14.9 Å². The normalized spacial score (nSPS) is 10.8. The van der Waals surface area contributed by atoms with Gasteiger partial charge in [0.25, 0.3) is 11.8 Å². The van der Waals surface area contributed by atoms with E-state index >= 15 is 0 Å². The summed E-state index contributed by atoms with van der Waals surface area (Å²) in [6, 6.07) is 17.7. The molecule has 0 fully saturated rings. The molecule has 0 aliphatic rings. The van der Waals surface area contributed by atoms with Gasteiger partial charge in [0.15, 0.2) is 18.1 Å². The molecule has 0 saturated carbocycles. The standard InChI is InChI=1S/C27H23ClIN3O4/c1-16-8-9-20(10-17(16)2)31-25(33)15-36-26-22(29)12-18(13-24(26)35-3)11-19(14-30)27(34)32-23-7-5-4-6-21(23)28/h4-13H,15H2,1-3H3,(H,31,33)(H,32,34)/b19-11+. The molecule has 0 radical (unpaired) electrons. The van der Waals surface area contributed by atoms with Crippen LogP contribution in [0.2, 0.25) is 5.02 Å². The number of hydrogen-bond acceptors (Lipinski definition) is 5. The molecule has 0 aliphatic carbocycles. The van der Waals surface area contributed by atoms with Gasteiger partial charge in [0.2, 0.25) is 0 Å². The lowest BCUT2D eigenvalue weighted by Gasteiger charge is -2.14. The maximum absolute atomic E-state index is 12.6. The average molecular weight is 616 g/mol. The van der Waals surface area contributed by atoms with Gasteiger partial charge in [0.05, 0.1) is 21.4 Å². The summed E-state index contributed by atoms with van der Waals surface area (Å²) in [6.07, 6.45) is 1.44. The molecule has 2 N–H and O–H groups in total. The van der Waals surface area contributed by atoms with E-state index in [0.29, 0.717) is 37.0 Å². The fourth-order valence-electron chi connectivity index (χ4n) is 3.18. The molecule has 184 valence electrons. The molecule has 0 aromatic heterocycles. The van der Waals surface area contributed by atoms with Crippen molar-refractivity contribution < 1.29 is 19.1 Å². The molecule has 0 heterocycles. The number of aryl methyl sites for hydroxylation is 2. The highest BCUT2D eigenvalue weighted by atomic mass is 127. The third-order valence-electron chi connectivity index (χ3n) is 5.19. The number of ether oxygens (including phenoxy) is 2. The van der Waals surface area contributed by atoms with Crippen molar-refractivity contribution in [3.8, 4) is 17.6 Å². The van der Waals surface area contributed by atoms with E-state index in [1.165, 1.54) is 13.2 Å². The zero-order valence-corrected chi connectivity index (χ0v) is 22.7. The molecule has 0 aliphatic heterocycles. The van der Waals surface area contributed by atoms with E-state index in [1.54, 1.807) is 36.4 Å². The third kappa shape index (κ3) is 6.99. The number of nitrogens with one attached hydrogen (secondary N) is 2. The molecule has 9 heteroatoms. The molecule has 3 aromatic carbocycles. The van der Waals surface area contributed by atoms with Crippen molar-refractivity contribution in [1.29, 1.82) is 5.26 Å². The Morgan fingerprint density at radius 3 is 2.50 bits per heavy atom. The average Bonchev–Trinajstić information content (AvgIpc) is 2.85. The van der Waals surface area contributed by atoms with Gasteiger partial charge < -0.3 is 20.1 Å². The Morgan fingerprint density at radius 2 is 1.83 bits per heavy atom. The summed E-state index contributed by atoms with van der Waals surface area (Å²) < 4.78 is 11.8. The molecule has 0 atom stereocenters. The first-order valence-corrected chi connectivity index (χ1v) is 12.2. The number of carbonyl (C=O) groups excluding carboxylic acids is 2. The first-order valence-electron chi connectivity index (χ1n) is 10.8. The molecule has 3 rings (SSSR count). The highest BCUT2D eigenvalue weighted by molar-refractivity contribution is 14.1. The fraction of sp³-hybridized carbons (Fsp3) is 0.148. The van der Waals surface area contributed by atoms with Gasteiger partial charge in [-0.25, -0.2) is 0 Å². The lowest BCUT2D eigenvalue weighted by atomic mass is 10.1. The number of anilines is 2. The number of halogens is 2. The fourth-order valence-corrected chi connectivity index (χ4v) is 4.15. The van der Waals surface area contributed by atoms with Crippen LogP contribution in [-0.4, -0.2) is 25.5 Å². The maximum atomic E-state index is 12.6. The molecular formula is C27H23ClIN3O4. The Bertz CT molecular complexity index is 1380. The Kier molecular flexibility index (Phi) is 9.33. The minimum absolute atomic E-state index is 0.116. The van der Waals surface area contributed by atoms with E-state index in [4.69, 9.17) is 21.1 Å². The number of amides is 2. The van der Waals surface area contributed by atoms with E-state index in [0.717, 1.165) is 11.1 Å². The molecule has 36 heavy (non-hydrogen) atoms.